The van der Waals surface area contributed by atoms with E-state index in [-0.39, 0.29) is 11.5 Å². The molecule has 23 heavy (non-hydrogen) atoms. The summed E-state index contributed by atoms with van der Waals surface area (Å²) in [5.74, 6) is 2.09. The van der Waals surface area contributed by atoms with E-state index in [0.717, 1.165) is 16.2 Å². The zero-order valence-electron chi connectivity index (χ0n) is 12.0. The number of thioether (sulfide) groups is 1. The molecule has 118 valence electrons. The predicted molar refractivity (Wildman–Crippen MR) is 88.4 cm³/mol. The zero-order valence-corrected chi connectivity index (χ0v) is 14.4. The summed E-state index contributed by atoms with van der Waals surface area (Å²) in [4.78, 5) is 15.4. The Kier molecular flexibility index (Phi) is 5.84. The van der Waals surface area contributed by atoms with Crippen LogP contribution in [0.1, 0.15) is 11.4 Å². The summed E-state index contributed by atoms with van der Waals surface area (Å²) < 4.78 is 6.19. The fraction of sp³-hybridized carbons (Fsp3) is 0.133. The molecule has 2 aromatic rings. The number of aromatic nitrogens is 3. The van der Waals surface area contributed by atoms with Crippen molar-refractivity contribution in [1.29, 1.82) is 0 Å². The van der Waals surface area contributed by atoms with Gasteiger partial charge >= 0.3 is 0 Å². The molecule has 0 spiro atoms. The fourth-order valence-corrected chi connectivity index (χ4v) is 2.74. The first-order chi connectivity index (χ1) is 11.0. The number of carbonyl (C=O) groups excluding carboxylic acids is 1. The van der Waals surface area contributed by atoms with E-state index in [1.165, 1.54) is 6.08 Å². The molecule has 0 atom stereocenters. The van der Waals surface area contributed by atoms with Crippen LogP contribution in [0.25, 0.3) is 6.08 Å². The number of hydrogen-bond acceptors (Lipinski definition) is 6. The van der Waals surface area contributed by atoms with Crippen LogP contribution < -0.4 is 9.84 Å². The maximum atomic E-state index is 11.4. The smallest absolute Gasteiger partial charge is 0.213 e. The molecule has 0 aliphatic carbocycles. The van der Waals surface area contributed by atoms with Crippen molar-refractivity contribution in [2.45, 2.75) is 12.1 Å². The Bertz CT molecular complexity index is 796. The molecule has 1 aromatic carbocycles. The highest BCUT2D eigenvalue weighted by Crippen LogP contribution is 2.30. The van der Waals surface area contributed by atoms with Crippen LogP contribution in [0, 0.1) is 19.3 Å². The number of carboxylic acid groups (broad SMARTS) is 1. The second-order valence-corrected chi connectivity index (χ2v) is 6.20. The average Bonchev–Trinajstić information content (AvgIpc) is 2.91. The van der Waals surface area contributed by atoms with E-state index < -0.39 is 5.97 Å². The average molecular weight is 393 g/mol. The Morgan fingerprint density at radius 1 is 1.61 bits per heavy atom. The molecule has 0 bridgehead atoms. The topological polar surface area (TPSA) is 90.9 Å². The number of halogens is 1. The van der Waals surface area contributed by atoms with Gasteiger partial charge in [-0.1, -0.05) is 21.9 Å². The van der Waals surface area contributed by atoms with Crippen LogP contribution in [0.3, 0.4) is 0 Å². The van der Waals surface area contributed by atoms with Crippen LogP contribution in [0.5, 0.6) is 5.75 Å². The Labute approximate surface area is 145 Å². The fourth-order valence-electron chi connectivity index (χ4n) is 1.62. The highest BCUT2D eigenvalue weighted by atomic mass is 79.9. The number of nitrogens with one attached hydrogen (secondary N) is 1. The number of rotatable bonds is 6. The maximum absolute atomic E-state index is 11.4. The molecule has 2 rings (SSSR count). The van der Waals surface area contributed by atoms with Crippen LogP contribution in [-0.2, 0) is 4.79 Å². The molecule has 0 aliphatic heterocycles. The maximum Gasteiger partial charge on any atom is 0.213 e. The van der Waals surface area contributed by atoms with Crippen LogP contribution >= 0.6 is 27.7 Å². The highest BCUT2D eigenvalue weighted by molar-refractivity contribution is 9.10. The Morgan fingerprint density at radius 3 is 3.00 bits per heavy atom. The molecule has 1 N–H and O–H groups in total. The number of aliphatic carboxylic acids is 1. The van der Waals surface area contributed by atoms with E-state index in [0.29, 0.717) is 22.3 Å². The number of terminal acetylenes is 1. The van der Waals surface area contributed by atoms with Gasteiger partial charge in [0.2, 0.25) is 5.16 Å². The lowest BCUT2D eigenvalue weighted by Crippen LogP contribution is -2.23. The number of carboxylic acids is 1. The lowest BCUT2D eigenvalue weighted by atomic mass is 10.2. The van der Waals surface area contributed by atoms with Gasteiger partial charge in [-0.05, 0) is 43.0 Å². The first-order valence-corrected chi connectivity index (χ1v) is 7.96. The Balaban J connectivity index is 2.36. The second-order valence-electron chi connectivity index (χ2n) is 4.28. The normalized spacial score (nSPS) is 11.1. The van der Waals surface area contributed by atoms with Gasteiger partial charge in [0.25, 0.3) is 0 Å². The van der Waals surface area contributed by atoms with E-state index in [1.807, 2.05) is 0 Å². The lowest BCUT2D eigenvalue weighted by Gasteiger charge is -2.10. The molecule has 0 radical (unpaired) electrons. The van der Waals surface area contributed by atoms with Gasteiger partial charge in [0.15, 0.2) is 0 Å². The predicted octanol–water partition coefficient (Wildman–Crippen LogP) is 1.77. The van der Waals surface area contributed by atoms with Gasteiger partial charge in [-0.15, -0.1) is 11.5 Å². The summed E-state index contributed by atoms with van der Waals surface area (Å²) >= 11 is 4.22. The molecule has 0 amide bonds. The first kappa shape index (κ1) is 17.1. The summed E-state index contributed by atoms with van der Waals surface area (Å²) in [7, 11) is 0. The zero-order chi connectivity index (χ0) is 16.8. The van der Waals surface area contributed by atoms with Gasteiger partial charge < -0.3 is 14.6 Å². The van der Waals surface area contributed by atoms with E-state index in [1.54, 1.807) is 25.1 Å². The van der Waals surface area contributed by atoms with Gasteiger partial charge in [0.05, 0.1) is 5.97 Å². The minimum Gasteiger partial charge on any atom is -0.544 e. The third-order valence-corrected chi connectivity index (χ3v) is 3.91. The van der Waals surface area contributed by atoms with Crippen LogP contribution in [-0.4, -0.2) is 27.8 Å². The van der Waals surface area contributed by atoms with Crippen molar-refractivity contribution >= 4 is 39.7 Å². The van der Waals surface area contributed by atoms with Crippen molar-refractivity contribution in [1.82, 2.24) is 15.2 Å². The first-order valence-electron chi connectivity index (χ1n) is 6.35. The van der Waals surface area contributed by atoms with E-state index >= 15 is 0 Å². The van der Waals surface area contributed by atoms with E-state index in [9.17, 15) is 9.90 Å². The number of H-pyrrole nitrogens is 1. The molecule has 1 aromatic heterocycles. The molecule has 0 saturated carbocycles. The summed E-state index contributed by atoms with van der Waals surface area (Å²) in [5, 5.41) is 18.2. The van der Waals surface area contributed by atoms with Crippen molar-refractivity contribution in [2.75, 3.05) is 6.61 Å². The largest absolute Gasteiger partial charge is 0.544 e. The summed E-state index contributed by atoms with van der Waals surface area (Å²) in [5.41, 5.74) is 0.550. The quantitative estimate of drug-likeness (QED) is 0.457. The number of carbonyl (C=O) groups is 1. The molecular formula is C15H11BrN3O3S-. The monoisotopic (exact) mass is 392 g/mol. The van der Waals surface area contributed by atoms with Crippen molar-refractivity contribution in [3.8, 4) is 18.1 Å². The van der Waals surface area contributed by atoms with E-state index in [4.69, 9.17) is 11.2 Å². The number of aryl methyl sites for hydroxylation is 1. The number of benzene rings is 1. The van der Waals surface area contributed by atoms with Crippen molar-refractivity contribution in [2.24, 2.45) is 0 Å². The minimum absolute atomic E-state index is 0.0485. The summed E-state index contributed by atoms with van der Waals surface area (Å²) in [6.45, 7) is 1.80. The van der Waals surface area contributed by atoms with Gasteiger partial charge in [0, 0.05) is 14.9 Å². The summed E-state index contributed by atoms with van der Waals surface area (Å²) in [6, 6.07) is 5.19. The van der Waals surface area contributed by atoms with Gasteiger partial charge in [0.1, 0.15) is 18.2 Å². The second kappa shape index (κ2) is 7.85. The third-order valence-electron chi connectivity index (χ3n) is 2.55. The highest BCUT2D eigenvalue weighted by Gasteiger charge is 2.10. The number of hydrogen-bond donors (Lipinski definition) is 1. The number of ether oxygens (including phenoxy) is 1. The molecular weight excluding hydrogens is 382 g/mol. The molecule has 0 aliphatic rings. The molecule has 6 nitrogen and oxygen atoms in total. The number of aromatic amines is 1. The van der Waals surface area contributed by atoms with Crippen molar-refractivity contribution in [3.63, 3.8) is 0 Å². The van der Waals surface area contributed by atoms with Gasteiger partial charge in [-0.3, -0.25) is 5.10 Å². The minimum atomic E-state index is -1.33. The summed E-state index contributed by atoms with van der Waals surface area (Å²) in [6.07, 6.45) is 6.62. The number of nitrogens with zero attached hydrogens (tertiary/aromatic N) is 2. The SMILES string of the molecule is C#CCOc1ccc(Br)cc1/C=C(\Sc1n[nH]c(C)n1)C(=O)[O-]. The molecule has 0 fully saturated rings. The Morgan fingerprint density at radius 2 is 2.39 bits per heavy atom. The standard InChI is InChI=1S/C15H12BrN3O3S/c1-3-6-22-12-5-4-11(16)7-10(12)8-13(14(20)21)23-15-17-9(2)18-19-15/h1,4-5,7-8H,6H2,2H3,(H,20,21)(H,17,18,19)/p-1/b13-8-. The van der Waals surface area contributed by atoms with Crippen molar-refractivity contribution < 1.29 is 14.6 Å². The third kappa shape index (κ3) is 4.87. The molecule has 0 unspecified atom stereocenters. The lowest BCUT2D eigenvalue weighted by molar-refractivity contribution is -0.297. The van der Waals surface area contributed by atoms with Crippen molar-refractivity contribution in [3.05, 3.63) is 39.0 Å². The van der Waals surface area contributed by atoms with Crippen LogP contribution in [0.2, 0.25) is 0 Å². The van der Waals surface area contributed by atoms with Gasteiger partial charge in [-0.25, -0.2) is 4.98 Å². The Hall–Kier alpha value is -2.24. The van der Waals surface area contributed by atoms with Gasteiger partial charge in [-0.2, -0.15) is 0 Å². The molecule has 0 saturated heterocycles. The van der Waals surface area contributed by atoms with Crippen LogP contribution in [0.4, 0.5) is 0 Å². The van der Waals surface area contributed by atoms with E-state index in [2.05, 4.69) is 37.0 Å². The molecule has 1 heterocycles. The molecule has 8 heteroatoms. The van der Waals surface area contributed by atoms with Crippen LogP contribution in [0.15, 0.2) is 32.7 Å².